The molecule has 0 unspecified atom stereocenters. The number of halogens is 1. The molecule has 1 aliphatic carbocycles. The first-order chi connectivity index (χ1) is 11.6. The summed E-state index contributed by atoms with van der Waals surface area (Å²) in [6, 6.07) is 6.75. The van der Waals surface area contributed by atoms with E-state index in [1.165, 1.54) is 6.07 Å². The molecule has 0 radical (unpaired) electrons. The number of benzene rings is 1. The molecule has 1 saturated carbocycles. The molecule has 0 bridgehead atoms. The Bertz CT molecular complexity index is 767. The van der Waals surface area contributed by atoms with E-state index in [9.17, 15) is 9.18 Å². The zero-order chi connectivity index (χ0) is 16.7. The largest absolute Gasteiger partial charge is 0.381 e. The van der Waals surface area contributed by atoms with Crippen molar-refractivity contribution in [1.29, 1.82) is 0 Å². The number of amides is 1. The fourth-order valence-electron chi connectivity index (χ4n) is 3.45. The lowest BCUT2D eigenvalue weighted by atomic mass is 10.0. The van der Waals surface area contributed by atoms with Crippen LogP contribution in [0.15, 0.2) is 30.5 Å². The number of carbonyl (C=O) groups excluding carboxylic acids is 1. The van der Waals surface area contributed by atoms with Crippen LogP contribution in [0.5, 0.6) is 0 Å². The summed E-state index contributed by atoms with van der Waals surface area (Å²) in [6.07, 6.45) is 3.41. The van der Waals surface area contributed by atoms with E-state index in [2.05, 4.69) is 10.4 Å². The van der Waals surface area contributed by atoms with Gasteiger partial charge in [0.15, 0.2) is 0 Å². The van der Waals surface area contributed by atoms with E-state index in [4.69, 9.17) is 4.74 Å². The average molecular weight is 329 g/mol. The Kier molecular flexibility index (Phi) is 3.84. The van der Waals surface area contributed by atoms with Crippen LogP contribution < -0.4 is 5.32 Å². The van der Waals surface area contributed by atoms with Gasteiger partial charge in [-0.15, -0.1) is 0 Å². The number of aryl methyl sites for hydroxylation is 1. The molecule has 2 aliphatic rings. The van der Waals surface area contributed by atoms with Gasteiger partial charge in [-0.25, -0.2) is 4.39 Å². The molecule has 0 spiro atoms. The van der Waals surface area contributed by atoms with Gasteiger partial charge in [0, 0.05) is 37.7 Å². The number of nitrogens with zero attached hydrogens (tertiary/aromatic N) is 2. The Hall–Kier alpha value is -2.21. The highest BCUT2D eigenvalue weighted by Gasteiger charge is 2.41. The van der Waals surface area contributed by atoms with Crippen LogP contribution in [-0.4, -0.2) is 34.9 Å². The fraction of sp³-hybridized carbons (Fsp3) is 0.444. The molecule has 4 rings (SSSR count). The molecule has 2 fully saturated rings. The second-order valence-corrected chi connectivity index (χ2v) is 6.61. The van der Waals surface area contributed by atoms with Crippen molar-refractivity contribution in [3.63, 3.8) is 0 Å². The third-order valence-corrected chi connectivity index (χ3v) is 4.83. The summed E-state index contributed by atoms with van der Waals surface area (Å²) < 4.78 is 20.9. The molecule has 3 atom stereocenters. The Morgan fingerprint density at radius 3 is 3.00 bits per heavy atom. The van der Waals surface area contributed by atoms with E-state index >= 15 is 0 Å². The summed E-state index contributed by atoms with van der Waals surface area (Å²) in [7, 11) is 1.81. The normalized spacial score (nSPS) is 25.7. The molecule has 1 aromatic carbocycles. The first-order valence-corrected chi connectivity index (χ1v) is 8.30. The minimum absolute atomic E-state index is 0.0118. The number of hydrogen-bond acceptors (Lipinski definition) is 3. The maximum absolute atomic E-state index is 13.8. The lowest BCUT2D eigenvalue weighted by Gasteiger charge is -2.08. The van der Waals surface area contributed by atoms with Crippen LogP contribution in [0.2, 0.25) is 0 Å². The minimum Gasteiger partial charge on any atom is -0.381 e. The van der Waals surface area contributed by atoms with Crippen molar-refractivity contribution < 1.29 is 13.9 Å². The van der Waals surface area contributed by atoms with Crippen LogP contribution >= 0.6 is 0 Å². The van der Waals surface area contributed by atoms with E-state index in [0.29, 0.717) is 24.3 Å². The molecule has 5 nitrogen and oxygen atoms in total. The Morgan fingerprint density at radius 1 is 1.42 bits per heavy atom. The zero-order valence-electron chi connectivity index (χ0n) is 13.5. The highest BCUT2D eigenvalue weighted by molar-refractivity contribution is 5.95. The molecule has 2 aromatic rings. The molecular formula is C18H20FN3O2. The first kappa shape index (κ1) is 15.3. The number of carbonyl (C=O) groups is 1. The highest BCUT2D eigenvalue weighted by Crippen LogP contribution is 2.42. The molecular weight excluding hydrogens is 309 g/mol. The van der Waals surface area contributed by atoms with E-state index in [-0.39, 0.29) is 29.6 Å². The summed E-state index contributed by atoms with van der Waals surface area (Å²) in [4.78, 5) is 12.6. The molecule has 1 saturated heterocycles. The summed E-state index contributed by atoms with van der Waals surface area (Å²) in [5, 5.41) is 7.47. The molecule has 1 aliphatic heterocycles. The average Bonchev–Trinajstić information content (AvgIpc) is 2.98. The van der Waals surface area contributed by atoms with Gasteiger partial charge in [0.1, 0.15) is 5.82 Å². The van der Waals surface area contributed by atoms with E-state index in [0.717, 1.165) is 18.5 Å². The van der Waals surface area contributed by atoms with Gasteiger partial charge in [-0.05, 0) is 24.5 Å². The second-order valence-electron chi connectivity index (χ2n) is 6.61. The maximum Gasteiger partial charge on any atom is 0.255 e. The smallest absolute Gasteiger partial charge is 0.255 e. The quantitative estimate of drug-likeness (QED) is 0.937. The zero-order valence-corrected chi connectivity index (χ0v) is 13.5. The fourth-order valence-corrected chi connectivity index (χ4v) is 3.45. The molecule has 1 aromatic heterocycles. The molecule has 126 valence electrons. The Balaban J connectivity index is 1.47. The molecule has 2 heterocycles. The van der Waals surface area contributed by atoms with Crippen molar-refractivity contribution in [1.82, 2.24) is 15.1 Å². The lowest BCUT2D eigenvalue weighted by molar-refractivity contribution is 0.0948. The predicted molar refractivity (Wildman–Crippen MR) is 86.4 cm³/mol. The SMILES string of the molecule is Cn1cc(C(=O)N[C@@H]2C[C@H]2c2ccccc2F)c([C@H]2CCOC2)n1. The standard InChI is InChI=1S/C18H20FN3O2/c1-22-9-14(17(21-22)11-6-7-24-10-11)18(23)20-16-8-13(16)12-4-2-3-5-15(12)19/h2-5,9,11,13,16H,6-8,10H2,1H3,(H,20,23)/t11-,13-,16+/m0/s1. The van der Waals surface area contributed by atoms with Gasteiger partial charge in [-0.3, -0.25) is 9.48 Å². The lowest BCUT2D eigenvalue weighted by Crippen LogP contribution is -2.27. The van der Waals surface area contributed by atoms with Crippen LogP contribution in [0.4, 0.5) is 4.39 Å². The van der Waals surface area contributed by atoms with Crippen molar-refractivity contribution in [3.8, 4) is 0 Å². The van der Waals surface area contributed by atoms with Crippen LogP contribution in [0.25, 0.3) is 0 Å². The van der Waals surface area contributed by atoms with Gasteiger partial charge in [0.2, 0.25) is 0 Å². The summed E-state index contributed by atoms with van der Waals surface area (Å²) in [5.74, 6) is -0.100. The van der Waals surface area contributed by atoms with Gasteiger partial charge in [-0.2, -0.15) is 5.10 Å². The van der Waals surface area contributed by atoms with E-state index in [1.54, 1.807) is 23.0 Å². The number of hydrogen-bond donors (Lipinski definition) is 1. The third kappa shape index (κ3) is 2.82. The second kappa shape index (κ2) is 6.02. The molecule has 1 N–H and O–H groups in total. The minimum atomic E-state index is -0.204. The van der Waals surface area contributed by atoms with Crippen LogP contribution in [0.3, 0.4) is 0 Å². The van der Waals surface area contributed by atoms with Gasteiger partial charge in [0.05, 0.1) is 17.9 Å². The van der Waals surface area contributed by atoms with Crippen molar-refractivity contribution in [2.45, 2.75) is 30.7 Å². The topological polar surface area (TPSA) is 56.2 Å². The Labute approximate surface area is 139 Å². The van der Waals surface area contributed by atoms with E-state index < -0.39 is 0 Å². The monoisotopic (exact) mass is 329 g/mol. The van der Waals surface area contributed by atoms with Crippen LogP contribution in [0.1, 0.15) is 46.3 Å². The summed E-state index contributed by atoms with van der Waals surface area (Å²) in [5.41, 5.74) is 2.08. The highest BCUT2D eigenvalue weighted by atomic mass is 19.1. The molecule has 24 heavy (non-hydrogen) atoms. The molecule has 6 heteroatoms. The number of nitrogens with one attached hydrogen (secondary N) is 1. The molecule has 1 amide bonds. The van der Waals surface area contributed by atoms with Gasteiger partial charge < -0.3 is 10.1 Å². The van der Waals surface area contributed by atoms with Crippen molar-refractivity contribution in [2.24, 2.45) is 7.05 Å². The van der Waals surface area contributed by atoms with Crippen molar-refractivity contribution >= 4 is 5.91 Å². The van der Waals surface area contributed by atoms with Gasteiger partial charge in [-0.1, -0.05) is 18.2 Å². The van der Waals surface area contributed by atoms with Crippen LogP contribution in [0, 0.1) is 5.82 Å². The Morgan fingerprint density at radius 2 is 2.25 bits per heavy atom. The van der Waals surface area contributed by atoms with Crippen LogP contribution in [-0.2, 0) is 11.8 Å². The first-order valence-electron chi connectivity index (χ1n) is 8.30. The van der Waals surface area contributed by atoms with Gasteiger partial charge >= 0.3 is 0 Å². The number of rotatable bonds is 4. The third-order valence-electron chi connectivity index (χ3n) is 4.83. The summed E-state index contributed by atoms with van der Waals surface area (Å²) in [6.45, 7) is 1.32. The summed E-state index contributed by atoms with van der Waals surface area (Å²) >= 11 is 0. The maximum atomic E-state index is 13.8. The number of aromatic nitrogens is 2. The predicted octanol–water partition coefficient (Wildman–Crippen LogP) is 2.35. The van der Waals surface area contributed by atoms with E-state index in [1.807, 2.05) is 13.1 Å². The number of ether oxygens (including phenoxy) is 1. The van der Waals surface area contributed by atoms with Crippen molar-refractivity contribution in [3.05, 3.63) is 53.1 Å². The van der Waals surface area contributed by atoms with Gasteiger partial charge in [0.25, 0.3) is 5.91 Å². The van der Waals surface area contributed by atoms with Crippen molar-refractivity contribution in [2.75, 3.05) is 13.2 Å².